The molecule has 1 fully saturated rings. The molecule has 3 rings (SSSR count). The van der Waals surface area contributed by atoms with Gasteiger partial charge in [0.25, 0.3) is 0 Å². The molecule has 1 aromatic carbocycles. The Balaban J connectivity index is 1.57. The first-order valence-electron chi connectivity index (χ1n) is 8.40. The van der Waals surface area contributed by atoms with Crippen LogP contribution in [-0.2, 0) is 6.54 Å². The summed E-state index contributed by atoms with van der Waals surface area (Å²) in [6, 6.07) is 10.7. The smallest absolute Gasteiger partial charge is 0.134 e. The predicted molar refractivity (Wildman–Crippen MR) is 96.6 cm³/mol. The van der Waals surface area contributed by atoms with Gasteiger partial charge in [-0.05, 0) is 30.5 Å². The van der Waals surface area contributed by atoms with Crippen LogP contribution < -0.4 is 20.3 Å². The van der Waals surface area contributed by atoms with E-state index in [1.54, 1.807) is 13.4 Å². The topological polar surface area (TPSA) is 62.3 Å². The van der Waals surface area contributed by atoms with Crippen LogP contribution in [0.5, 0.6) is 5.75 Å². The number of ether oxygens (including phenoxy) is 1. The molecule has 128 valence electrons. The molecule has 1 aromatic heterocycles. The highest BCUT2D eigenvalue weighted by Crippen LogP contribution is 2.24. The summed E-state index contributed by atoms with van der Waals surface area (Å²) in [7, 11) is 3.58. The van der Waals surface area contributed by atoms with Crippen LogP contribution in [0.1, 0.15) is 18.4 Å². The highest BCUT2D eigenvalue weighted by atomic mass is 16.5. The van der Waals surface area contributed by atoms with Gasteiger partial charge in [-0.1, -0.05) is 12.1 Å². The van der Waals surface area contributed by atoms with Crippen molar-refractivity contribution >= 4 is 11.6 Å². The average molecular weight is 327 g/mol. The zero-order chi connectivity index (χ0) is 16.8. The van der Waals surface area contributed by atoms with E-state index < -0.39 is 0 Å². The minimum Gasteiger partial charge on any atom is -0.497 e. The molecular formula is C18H25N5O. The molecule has 1 atom stereocenters. The van der Waals surface area contributed by atoms with Gasteiger partial charge < -0.3 is 20.3 Å². The largest absolute Gasteiger partial charge is 0.497 e. The Hall–Kier alpha value is -2.34. The van der Waals surface area contributed by atoms with Crippen molar-refractivity contribution in [3.8, 4) is 5.75 Å². The Morgan fingerprint density at radius 2 is 2.21 bits per heavy atom. The van der Waals surface area contributed by atoms with E-state index in [1.165, 1.54) is 18.4 Å². The van der Waals surface area contributed by atoms with Crippen LogP contribution in [0.15, 0.2) is 36.7 Å². The lowest BCUT2D eigenvalue weighted by Crippen LogP contribution is -2.38. The van der Waals surface area contributed by atoms with Gasteiger partial charge in [0.1, 0.15) is 23.7 Å². The van der Waals surface area contributed by atoms with Gasteiger partial charge in [-0.25, -0.2) is 9.97 Å². The lowest BCUT2D eigenvalue weighted by atomic mass is 10.2. The van der Waals surface area contributed by atoms with Crippen LogP contribution in [0, 0.1) is 0 Å². The van der Waals surface area contributed by atoms with Crippen LogP contribution in [0.25, 0.3) is 0 Å². The van der Waals surface area contributed by atoms with Crippen molar-refractivity contribution in [1.82, 2.24) is 15.3 Å². The highest BCUT2D eigenvalue weighted by molar-refractivity contribution is 5.49. The SMILES string of the molecule is CNc1cc(N2CCCC2CNCc2cccc(OC)c2)ncn1. The van der Waals surface area contributed by atoms with Crippen molar-refractivity contribution in [3.05, 3.63) is 42.2 Å². The van der Waals surface area contributed by atoms with Crippen molar-refractivity contribution in [3.63, 3.8) is 0 Å². The molecule has 1 aliphatic rings. The third-order valence-corrected chi connectivity index (χ3v) is 4.42. The second kappa shape index (κ2) is 7.97. The molecule has 6 nitrogen and oxygen atoms in total. The molecule has 2 N–H and O–H groups in total. The minimum absolute atomic E-state index is 0.468. The summed E-state index contributed by atoms with van der Waals surface area (Å²) in [5.41, 5.74) is 1.23. The third-order valence-electron chi connectivity index (χ3n) is 4.42. The third kappa shape index (κ3) is 3.94. The summed E-state index contributed by atoms with van der Waals surface area (Å²) in [5, 5.41) is 6.64. The van der Waals surface area contributed by atoms with Crippen molar-refractivity contribution in [1.29, 1.82) is 0 Å². The summed E-state index contributed by atoms with van der Waals surface area (Å²) >= 11 is 0. The first-order chi connectivity index (χ1) is 11.8. The summed E-state index contributed by atoms with van der Waals surface area (Å²) in [4.78, 5) is 11.0. The van der Waals surface area contributed by atoms with E-state index in [9.17, 15) is 0 Å². The summed E-state index contributed by atoms with van der Waals surface area (Å²) < 4.78 is 5.28. The van der Waals surface area contributed by atoms with Gasteiger partial charge in [-0.2, -0.15) is 0 Å². The lowest BCUT2D eigenvalue weighted by molar-refractivity contribution is 0.414. The van der Waals surface area contributed by atoms with Crippen molar-refractivity contribution in [2.24, 2.45) is 0 Å². The van der Waals surface area contributed by atoms with Crippen molar-refractivity contribution in [2.75, 3.05) is 37.5 Å². The molecule has 0 radical (unpaired) electrons. The fraction of sp³-hybridized carbons (Fsp3) is 0.444. The molecule has 0 aliphatic carbocycles. The van der Waals surface area contributed by atoms with Crippen LogP contribution in [0.3, 0.4) is 0 Å². The molecule has 0 amide bonds. The second-order valence-corrected chi connectivity index (χ2v) is 5.98. The Morgan fingerprint density at radius 3 is 3.04 bits per heavy atom. The van der Waals surface area contributed by atoms with Gasteiger partial charge in [0.15, 0.2) is 0 Å². The zero-order valence-electron chi connectivity index (χ0n) is 14.3. The van der Waals surface area contributed by atoms with Crippen LogP contribution in [0.4, 0.5) is 11.6 Å². The van der Waals surface area contributed by atoms with E-state index in [0.29, 0.717) is 6.04 Å². The maximum absolute atomic E-state index is 5.28. The number of hydrogen-bond acceptors (Lipinski definition) is 6. The Bertz CT molecular complexity index is 663. The zero-order valence-corrected chi connectivity index (χ0v) is 14.3. The monoisotopic (exact) mass is 327 g/mol. The van der Waals surface area contributed by atoms with Crippen molar-refractivity contribution in [2.45, 2.75) is 25.4 Å². The molecule has 24 heavy (non-hydrogen) atoms. The Morgan fingerprint density at radius 1 is 1.29 bits per heavy atom. The molecule has 1 saturated heterocycles. The van der Waals surface area contributed by atoms with E-state index in [-0.39, 0.29) is 0 Å². The molecule has 0 bridgehead atoms. The molecule has 2 aromatic rings. The quantitative estimate of drug-likeness (QED) is 0.813. The second-order valence-electron chi connectivity index (χ2n) is 5.98. The number of nitrogens with zero attached hydrogens (tertiary/aromatic N) is 3. The van der Waals surface area contributed by atoms with Gasteiger partial charge in [0.2, 0.25) is 0 Å². The van der Waals surface area contributed by atoms with E-state index in [2.05, 4.69) is 37.6 Å². The fourth-order valence-corrected chi connectivity index (χ4v) is 3.16. The van der Waals surface area contributed by atoms with Crippen molar-refractivity contribution < 1.29 is 4.74 Å². The highest BCUT2D eigenvalue weighted by Gasteiger charge is 2.25. The molecule has 1 aliphatic heterocycles. The van der Waals surface area contributed by atoms with E-state index in [1.807, 2.05) is 25.2 Å². The number of benzene rings is 1. The van der Waals surface area contributed by atoms with Gasteiger partial charge in [0.05, 0.1) is 7.11 Å². The Kier molecular flexibility index (Phi) is 5.48. The molecular weight excluding hydrogens is 302 g/mol. The van der Waals surface area contributed by atoms with E-state index >= 15 is 0 Å². The fourth-order valence-electron chi connectivity index (χ4n) is 3.16. The predicted octanol–water partition coefficient (Wildman–Crippen LogP) is 2.29. The lowest BCUT2D eigenvalue weighted by Gasteiger charge is -2.26. The number of methoxy groups -OCH3 is 1. The molecule has 1 unspecified atom stereocenters. The summed E-state index contributed by atoms with van der Waals surface area (Å²) in [6.07, 6.45) is 4.01. The van der Waals surface area contributed by atoms with Crippen LogP contribution in [-0.4, -0.2) is 43.3 Å². The van der Waals surface area contributed by atoms with E-state index in [0.717, 1.165) is 37.0 Å². The van der Waals surface area contributed by atoms with Gasteiger partial charge in [-0.15, -0.1) is 0 Å². The molecule has 0 spiro atoms. The molecule has 2 heterocycles. The van der Waals surface area contributed by atoms with Gasteiger partial charge >= 0.3 is 0 Å². The summed E-state index contributed by atoms with van der Waals surface area (Å²) in [6.45, 7) is 2.83. The first-order valence-corrected chi connectivity index (χ1v) is 8.40. The normalized spacial score (nSPS) is 17.1. The number of rotatable bonds is 7. The minimum atomic E-state index is 0.468. The Labute approximate surface area is 143 Å². The number of aromatic nitrogens is 2. The number of nitrogens with one attached hydrogen (secondary N) is 2. The first kappa shape index (κ1) is 16.5. The van der Waals surface area contributed by atoms with Gasteiger partial charge in [-0.3, -0.25) is 0 Å². The number of hydrogen-bond donors (Lipinski definition) is 2. The summed E-state index contributed by atoms with van der Waals surface area (Å²) in [5.74, 6) is 2.76. The van der Waals surface area contributed by atoms with Crippen LogP contribution >= 0.6 is 0 Å². The van der Waals surface area contributed by atoms with E-state index in [4.69, 9.17) is 4.74 Å². The van der Waals surface area contributed by atoms with Gasteiger partial charge in [0, 0.05) is 38.8 Å². The molecule has 6 heteroatoms. The maximum Gasteiger partial charge on any atom is 0.134 e. The molecule has 0 saturated carbocycles. The standard InChI is InChI=1S/C18H25N5O/c1-19-17-10-18(22-13-21-17)23-8-4-6-15(23)12-20-11-14-5-3-7-16(9-14)24-2/h3,5,7,9-10,13,15,20H,4,6,8,11-12H2,1-2H3,(H,19,21,22). The maximum atomic E-state index is 5.28. The number of anilines is 2. The average Bonchev–Trinajstić information content (AvgIpc) is 3.10. The van der Waals surface area contributed by atoms with Crippen LogP contribution in [0.2, 0.25) is 0 Å².